The molecule has 0 bridgehead atoms. The minimum Gasteiger partial charge on any atom is -0.380 e. The summed E-state index contributed by atoms with van der Waals surface area (Å²) in [7, 11) is -3.88. The maximum atomic E-state index is 12.9. The summed E-state index contributed by atoms with van der Waals surface area (Å²) in [6, 6.07) is 13.3. The molecule has 0 saturated carbocycles. The van der Waals surface area contributed by atoms with Crippen molar-refractivity contribution in [2.75, 3.05) is 11.9 Å². The van der Waals surface area contributed by atoms with Crippen LogP contribution >= 0.6 is 0 Å². The monoisotopic (exact) mass is 330 g/mol. The van der Waals surface area contributed by atoms with Gasteiger partial charge in [0.15, 0.2) is 0 Å². The van der Waals surface area contributed by atoms with Gasteiger partial charge in [-0.2, -0.15) is 0 Å². The molecule has 0 aromatic heterocycles. The smallest absolute Gasteiger partial charge is 0.269 e. The number of nitrogens with zero attached hydrogens (tertiary/aromatic N) is 1. The molecule has 5 nitrogen and oxygen atoms in total. The third-order valence-corrected chi connectivity index (χ3v) is 5.60. The number of hydrogen-bond acceptors (Lipinski definition) is 4. The van der Waals surface area contributed by atoms with E-state index in [9.17, 15) is 13.2 Å². The van der Waals surface area contributed by atoms with Crippen molar-refractivity contribution >= 4 is 21.6 Å². The summed E-state index contributed by atoms with van der Waals surface area (Å²) >= 11 is 0. The highest BCUT2D eigenvalue weighted by Crippen LogP contribution is 2.26. The zero-order valence-corrected chi connectivity index (χ0v) is 13.8. The lowest BCUT2D eigenvalue weighted by molar-refractivity contribution is 0.0864. The Hall–Kier alpha value is -2.34. The normalized spacial score (nSPS) is 18.1. The van der Waals surface area contributed by atoms with Gasteiger partial charge in [-0.15, -0.1) is 0 Å². The van der Waals surface area contributed by atoms with E-state index in [1.165, 1.54) is 12.1 Å². The van der Waals surface area contributed by atoms with Crippen molar-refractivity contribution in [3.05, 3.63) is 59.7 Å². The summed E-state index contributed by atoms with van der Waals surface area (Å²) in [5, 5.41) is 3.19. The fourth-order valence-corrected chi connectivity index (χ4v) is 4.09. The number of hydrogen-bond donors (Lipinski definition) is 1. The zero-order valence-electron chi connectivity index (χ0n) is 13.0. The van der Waals surface area contributed by atoms with Crippen LogP contribution in [0.15, 0.2) is 53.4 Å². The highest BCUT2D eigenvalue weighted by Gasteiger charge is 2.34. The lowest BCUT2D eigenvalue weighted by atomic mass is 10.1. The Morgan fingerprint density at radius 2 is 1.74 bits per heavy atom. The van der Waals surface area contributed by atoms with Gasteiger partial charge in [0, 0.05) is 11.7 Å². The number of amides is 1. The van der Waals surface area contributed by atoms with Gasteiger partial charge >= 0.3 is 0 Å². The van der Waals surface area contributed by atoms with Crippen molar-refractivity contribution in [1.82, 2.24) is 4.31 Å². The highest BCUT2D eigenvalue weighted by atomic mass is 32.2. The molecule has 1 aliphatic heterocycles. The molecule has 1 amide bonds. The maximum absolute atomic E-state index is 12.9. The summed E-state index contributed by atoms with van der Waals surface area (Å²) in [6.45, 7) is 3.83. The Bertz CT molecular complexity index is 844. The molecule has 120 valence electrons. The average Bonchev–Trinajstić information content (AvgIpc) is 2.65. The Morgan fingerprint density at radius 1 is 1.09 bits per heavy atom. The van der Waals surface area contributed by atoms with E-state index in [2.05, 4.69) is 5.32 Å². The molecule has 2 aromatic rings. The van der Waals surface area contributed by atoms with Crippen LogP contribution in [0.3, 0.4) is 0 Å². The molecule has 2 aromatic carbocycles. The van der Waals surface area contributed by atoms with Crippen LogP contribution in [0.5, 0.6) is 0 Å². The highest BCUT2D eigenvalue weighted by molar-refractivity contribution is 7.89. The van der Waals surface area contributed by atoms with E-state index in [4.69, 9.17) is 0 Å². The van der Waals surface area contributed by atoms with Crippen molar-refractivity contribution in [1.29, 1.82) is 0 Å². The number of benzene rings is 2. The third-order valence-electron chi connectivity index (χ3n) is 3.83. The number of para-hydroxylation sites is 1. The van der Waals surface area contributed by atoms with Crippen LogP contribution in [-0.4, -0.2) is 31.2 Å². The van der Waals surface area contributed by atoms with E-state index in [1.807, 2.05) is 19.9 Å². The van der Waals surface area contributed by atoms with Crippen molar-refractivity contribution in [2.45, 2.75) is 24.8 Å². The molecule has 3 rings (SSSR count). The second kappa shape index (κ2) is 5.70. The van der Waals surface area contributed by atoms with Gasteiger partial charge in [0.1, 0.15) is 0 Å². The summed E-state index contributed by atoms with van der Waals surface area (Å²) in [5.74, 6) is -0.502. The predicted octanol–water partition coefficient (Wildman–Crippen LogP) is 2.64. The minimum atomic E-state index is -3.88. The van der Waals surface area contributed by atoms with Crippen LogP contribution in [0.1, 0.15) is 22.8 Å². The van der Waals surface area contributed by atoms with Gasteiger partial charge in [0.05, 0.1) is 17.0 Å². The van der Waals surface area contributed by atoms with E-state index < -0.39 is 15.9 Å². The van der Waals surface area contributed by atoms with E-state index in [1.54, 1.807) is 30.3 Å². The van der Waals surface area contributed by atoms with Crippen LogP contribution in [0.2, 0.25) is 0 Å². The molecule has 1 unspecified atom stereocenters. The molecule has 0 spiro atoms. The lowest BCUT2D eigenvalue weighted by Crippen LogP contribution is -2.40. The van der Waals surface area contributed by atoms with Gasteiger partial charge in [-0.25, -0.2) is 12.7 Å². The van der Waals surface area contributed by atoms with Gasteiger partial charge in [0.25, 0.3) is 15.9 Å². The van der Waals surface area contributed by atoms with Gasteiger partial charge in [-0.3, -0.25) is 4.79 Å². The molecule has 23 heavy (non-hydrogen) atoms. The fourth-order valence-electron chi connectivity index (χ4n) is 2.62. The summed E-state index contributed by atoms with van der Waals surface area (Å²) in [6.07, 6.45) is 0. The summed E-state index contributed by atoms with van der Waals surface area (Å²) < 4.78 is 26.7. The van der Waals surface area contributed by atoms with Gasteiger partial charge in [0.2, 0.25) is 0 Å². The predicted molar refractivity (Wildman–Crippen MR) is 88.9 cm³/mol. The van der Waals surface area contributed by atoms with Gasteiger partial charge < -0.3 is 5.32 Å². The average molecular weight is 330 g/mol. The molecule has 1 N–H and O–H groups in total. The number of nitrogens with one attached hydrogen (secondary N) is 1. The maximum Gasteiger partial charge on any atom is 0.269 e. The second-order valence-electron chi connectivity index (χ2n) is 5.75. The second-order valence-corrected chi connectivity index (χ2v) is 7.61. The molecule has 1 heterocycles. The van der Waals surface area contributed by atoms with Crippen molar-refractivity contribution in [3.8, 4) is 0 Å². The Kier molecular flexibility index (Phi) is 3.85. The largest absolute Gasteiger partial charge is 0.380 e. The van der Waals surface area contributed by atoms with Gasteiger partial charge in [-0.05, 0) is 38.1 Å². The summed E-state index contributed by atoms with van der Waals surface area (Å²) in [5.41, 5.74) is 1.99. The van der Waals surface area contributed by atoms with Gasteiger partial charge in [-0.1, -0.05) is 29.8 Å². The van der Waals surface area contributed by atoms with Crippen LogP contribution in [0, 0.1) is 6.92 Å². The third kappa shape index (κ3) is 2.82. The minimum absolute atomic E-state index is 0.0870. The number of rotatable bonds is 2. The Labute approximate surface area is 136 Å². The topological polar surface area (TPSA) is 66.5 Å². The number of carbonyl (C=O) groups is 1. The van der Waals surface area contributed by atoms with Crippen molar-refractivity contribution in [2.24, 2.45) is 0 Å². The van der Waals surface area contributed by atoms with Crippen LogP contribution in [0.25, 0.3) is 0 Å². The molecular formula is C17H18N2O3S. The molecule has 6 heteroatoms. The van der Waals surface area contributed by atoms with E-state index in [-0.39, 0.29) is 17.5 Å². The number of fused-ring (bicyclic) bond motifs is 1. The standard InChI is InChI=1S/C17H18N2O3S/c1-12-7-9-14(10-8-12)23(21,22)19-11-13(2)18-16-6-4-3-5-15(16)17(19)20/h3-10,13,18H,11H2,1-2H3. The first-order valence-electron chi connectivity index (χ1n) is 7.39. The molecule has 1 atom stereocenters. The van der Waals surface area contributed by atoms with E-state index >= 15 is 0 Å². The quantitative estimate of drug-likeness (QED) is 0.919. The van der Waals surface area contributed by atoms with Crippen molar-refractivity contribution < 1.29 is 13.2 Å². The number of aryl methyl sites for hydroxylation is 1. The first-order chi connectivity index (χ1) is 10.9. The molecule has 0 radical (unpaired) electrons. The zero-order chi connectivity index (χ0) is 16.6. The van der Waals surface area contributed by atoms with Crippen molar-refractivity contribution in [3.63, 3.8) is 0 Å². The molecule has 0 saturated heterocycles. The molecule has 0 aliphatic carbocycles. The molecular weight excluding hydrogens is 312 g/mol. The number of carbonyl (C=O) groups excluding carboxylic acids is 1. The Morgan fingerprint density at radius 3 is 2.43 bits per heavy atom. The van der Waals surface area contributed by atoms with Crippen LogP contribution < -0.4 is 5.32 Å². The number of sulfonamides is 1. The lowest BCUT2D eigenvalue weighted by Gasteiger charge is -2.22. The first kappa shape index (κ1) is 15.6. The first-order valence-corrected chi connectivity index (χ1v) is 8.83. The number of anilines is 1. The molecule has 1 aliphatic rings. The summed E-state index contributed by atoms with van der Waals surface area (Å²) in [4.78, 5) is 12.9. The SMILES string of the molecule is Cc1ccc(S(=O)(=O)N2CC(C)Nc3ccccc3C2=O)cc1. The van der Waals surface area contributed by atoms with Crippen LogP contribution in [0.4, 0.5) is 5.69 Å². The fraction of sp³-hybridized carbons (Fsp3) is 0.235. The molecule has 0 fully saturated rings. The van der Waals surface area contributed by atoms with E-state index in [0.717, 1.165) is 9.87 Å². The van der Waals surface area contributed by atoms with E-state index in [0.29, 0.717) is 11.3 Å². The van der Waals surface area contributed by atoms with Crippen LogP contribution in [-0.2, 0) is 10.0 Å². The Balaban J connectivity index is 2.08.